The number of hydrogen-bond acceptors (Lipinski definition) is 5. The van der Waals surface area contributed by atoms with Crippen molar-refractivity contribution >= 4 is 17.6 Å². The number of hydrogen-bond donors (Lipinski definition) is 2. The van der Waals surface area contributed by atoms with Crippen molar-refractivity contribution in [2.45, 2.75) is 12.8 Å². The van der Waals surface area contributed by atoms with Crippen molar-refractivity contribution in [3.05, 3.63) is 42.6 Å². The second-order valence-electron chi connectivity index (χ2n) is 5.80. The van der Waals surface area contributed by atoms with Gasteiger partial charge in [-0.15, -0.1) is 0 Å². The van der Waals surface area contributed by atoms with Crippen LogP contribution in [0.1, 0.15) is 23.3 Å². The molecule has 1 aliphatic heterocycles. The minimum Gasteiger partial charge on any atom is -0.355 e. The summed E-state index contributed by atoms with van der Waals surface area (Å²) in [7, 11) is 1.77. The van der Waals surface area contributed by atoms with E-state index in [9.17, 15) is 9.59 Å². The molecule has 3 heterocycles. The summed E-state index contributed by atoms with van der Waals surface area (Å²) in [6.45, 7) is 1.41. The van der Waals surface area contributed by atoms with Crippen LogP contribution in [-0.2, 0) is 11.8 Å². The number of carbonyl (C=O) groups is 2. The van der Waals surface area contributed by atoms with Crippen molar-refractivity contribution in [3.63, 3.8) is 0 Å². The molecule has 0 spiro atoms. The molecule has 0 bridgehead atoms. The third kappa shape index (κ3) is 3.53. The Kier molecular flexibility index (Phi) is 4.74. The first kappa shape index (κ1) is 16.0. The fraction of sp³-hybridized carbons (Fsp3) is 0.375. The first-order chi connectivity index (χ1) is 11.6. The fourth-order valence-corrected chi connectivity index (χ4v) is 2.84. The fourth-order valence-electron chi connectivity index (χ4n) is 2.84. The molecule has 0 saturated carbocycles. The Balaban J connectivity index is 1.55. The van der Waals surface area contributed by atoms with Gasteiger partial charge < -0.3 is 9.47 Å². The van der Waals surface area contributed by atoms with Crippen molar-refractivity contribution in [1.82, 2.24) is 25.4 Å². The number of nitrogens with zero attached hydrogens (tertiary/aromatic N) is 4. The molecule has 1 atom stereocenters. The Morgan fingerprint density at radius 2 is 2.17 bits per heavy atom. The lowest BCUT2D eigenvalue weighted by Crippen LogP contribution is -2.49. The lowest BCUT2D eigenvalue weighted by Gasteiger charge is -2.32. The molecule has 8 heteroatoms. The summed E-state index contributed by atoms with van der Waals surface area (Å²) >= 11 is 0. The van der Waals surface area contributed by atoms with Gasteiger partial charge in [0.05, 0.1) is 12.1 Å². The number of amides is 2. The van der Waals surface area contributed by atoms with Crippen molar-refractivity contribution in [2.75, 3.05) is 18.0 Å². The van der Waals surface area contributed by atoms with Crippen LogP contribution in [0.25, 0.3) is 0 Å². The van der Waals surface area contributed by atoms with E-state index in [4.69, 9.17) is 0 Å². The van der Waals surface area contributed by atoms with Gasteiger partial charge in [0, 0.05) is 38.7 Å². The molecule has 3 rings (SSSR count). The average Bonchev–Trinajstić information content (AvgIpc) is 3.06. The van der Waals surface area contributed by atoms with E-state index < -0.39 is 0 Å². The SMILES string of the molecule is Cn1cccc1C(=O)NNC(=O)[C@@H]1CCCN(c2cnccn2)C1. The molecule has 8 nitrogen and oxygen atoms in total. The predicted molar refractivity (Wildman–Crippen MR) is 88.0 cm³/mol. The molecular weight excluding hydrogens is 308 g/mol. The van der Waals surface area contributed by atoms with Gasteiger partial charge in [-0.2, -0.15) is 0 Å². The van der Waals surface area contributed by atoms with Crippen molar-refractivity contribution in [3.8, 4) is 0 Å². The first-order valence-electron chi connectivity index (χ1n) is 7.87. The van der Waals surface area contributed by atoms with Crippen LogP contribution in [0, 0.1) is 5.92 Å². The highest BCUT2D eigenvalue weighted by molar-refractivity contribution is 5.94. The molecule has 2 aromatic rings. The van der Waals surface area contributed by atoms with Gasteiger partial charge in [0.2, 0.25) is 5.91 Å². The van der Waals surface area contributed by atoms with Crippen LogP contribution in [0.5, 0.6) is 0 Å². The predicted octanol–water partition coefficient (Wildman–Crippen LogP) is 0.493. The Morgan fingerprint density at radius 1 is 1.29 bits per heavy atom. The molecular formula is C16H20N6O2. The van der Waals surface area contributed by atoms with Crippen LogP contribution in [0.4, 0.5) is 5.82 Å². The smallest absolute Gasteiger partial charge is 0.286 e. The molecule has 24 heavy (non-hydrogen) atoms. The third-order valence-electron chi connectivity index (χ3n) is 4.14. The summed E-state index contributed by atoms with van der Waals surface area (Å²) in [5, 5.41) is 0. The Labute approximate surface area is 139 Å². The Hall–Kier alpha value is -2.90. The summed E-state index contributed by atoms with van der Waals surface area (Å²) in [5.74, 6) is 0.0425. The summed E-state index contributed by atoms with van der Waals surface area (Å²) in [6, 6.07) is 3.47. The number of carbonyl (C=O) groups excluding carboxylic acids is 2. The molecule has 0 aliphatic carbocycles. The van der Waals surface area contributed by atoms with Gasteiger partial charge in [-0.3, -0.25) is 25.4 Å². The van der Waals surface area contributed by atoms with Gasteiger partial charge in [0.25, 0.3) is 5.91 Å². The highest BCUT2D eigenvalue weighted by Gasteiger charge is 2.27. The minimum atomic E-state index is -0.336. The molecule has 126 valence electrons. The Morgan fingerprint density at radius 3 is 2.88 bits per heavy atom. The van der Waals surface area contributed by atoms with E-state index in [-0.39, 0.29) is 17.7 Å². The molecule has 0 aromatic carbocycles. The molecule has 0 unspecified atom stereocenters. The number of aromatic nitrogens is 3. The molecule has 2 amide bonds. The second-order valence-corrected chi connectivity index (χ2v) is 5.80. The zero-order chi connectivity index (χ0) is 16.9. The van der Waals surface area contributed by atoms with Crippen LogP contribution in [0.2, 0.25) is 0 Å². The van der Waals surface area contributed by atoms with Crippen LogP contribution < -0.4 is 15.8 Å². The number of nitrogens with one attached hydrogen (secondary N) is 2. The third-order valence-corrected chi connectivity index (χ3v) is 4.14. The molecule has 2 N–H and O–H groups in total. The normalized spacial score (nSPS) is 17.4. The van der Waals surface area contributed by atoms with E-state index in [1.54, 1.807) is 48.5 Å². The Bertz CT molecular complexity index is 714. The van der Waals surface area contributed by atoms with E-state index >= 15 is 0 Å². The lowest BCUT2D eigenvalue weighted by molar-refractivity contribution is -0.126. The van der Waals surface area contributed by atoms with Crippen LogP contribution >= 0.6 is 0 Å². The monoisotopic (exact) mass is 328 g/mol. The summed E-state index contributed by atoms with van der Waals surface area (Å²) < 4.78 is 1.69. The number of anilines is 1. The largest absolute Gasteiger partial charge is 0.355 e. The number of aryl methyl sites for hydroxylation is 1. The van der Waals surface area contributed by atoms with E-state index in [0.717, 1.165) is 25.2 Å². The van der Waals surface area contributed by atoms with Gasteiger partial charge in [0.15, 0.2) is 0 Å². The lowest BCUT2D eigenvalue weighted by atomic mass is 9.97. The highest BCUT2D eigenvalue weighted by Crippen LogP contribution is 2.20. The van der Waals surface area contributed by atoms with Crippen LogP contribution in [0.3, 0.4) is 0 Å². The van der Waals surface area contributed by atoms with Crippen molar-refractivity contribution in [2.24, 2.45) is 13.0 Å². The molecule has 1 fully saturated rings. The first-order valence-corrected chi connectivity index (χ1v) is 7.87. The summed E-state index contributed by atoms with van der Waals surface area (Å²) in [6.07, 6.45) is 8.40. The highest BCUT2D eigenvalue weighted by atomic mass is 16.2. The topological polar surface area (TPSA) is 92.2 Å². The van der Waals surface area contributed by atoms with Gasteiger partial charge in [-0.1, -0.05) is 0 Å². The maximum Gasteiger partial charge on any atom is 0.286 e. The zero-order valence-corrected chi connectivity index (χ0v) is 13.5. The van der Waals surface area contributed by atoms with E-state index in [0.29, 0.717) is 12.2 Å². The van der Waals surface area contributed by atoms with Crippen LogP contribution in [-0.4, -0.2) is 39.4 Å². The number of piperidine rings is 1. The average molecular weight is 328 g/mol. The number of hydrazine groups is 1. The zero-order valence-electron chi connectivity index (χ0n) is 13.5. The van der Waals surface area contributed by atoms with E-state index in [1.807, 2.05) is 4.90 Å². The minimum absolute atomic E-state index is 0.189. The number of rotatable bonds is 3. The van der Waals surface area contributed by atoms with Gasteiger partial charge >= 0.3 is 0 Å². The molecule has 2 aromatic heterocycles. The molecule has 1 saturated heterocycles. The standard InChI is InChI=1S/C16H20N6O2/c1-21-8-3-5-13(21)16(24)20-19-15(23)12-4-2-9-22(11-12)14-10-17-6-7-18-14/h3,5-8,10,12H,2,4,9,11H2,1H3,(H,19,23)(H,20,24)/t12-/m1/s1. The van der Waals surface area contributed by atoms with Gasteiger partial charge in [-0.25, -0.2) is 4.98 Å². The maximum absolute atomic E-state index is 12.3. The van der Waals surface area contributed by atoms with Crippen molar-refractivity contribution in [1.29, 1.82) is 0 Å². The molecule has 1 aliphatic rings. The summed E-state index contributed by atoms with van der Waals surface area (Å²) in [4.78, 5) is 34.7. The summed E-state index contributed by atoms with van der Waals surface area (Å²) in [5.41, 5.74) is 5.48. The van der Waals surface area contributed by atoms with Gasteiger partial charge in [-0.05, 0) is 25.0 Å². The quantitative estimate of drug-likeness (QED) is 0.800. The van der Waals surface area contributed by atoms with Crippen LogP contribution in [0.15, 0.2) is 36.9 Å². The second kappa shape index (κ2) is 7.12. The maximum atomic E-state index is 12.3. The molecule has 0 radical (unpaired) electrons. The van der Waals surface area contributed by atoms with E-state index in [2.05, 4.69) is 20.8 Å². The van der Waals surface area contributed by atoms with Crippen molar-refractivity contribution < 1.29 is 9.59 Å². The van der Waals surface area contributed by atoms with Gasteiger partial charge in [0.1, 0.15) is 11.5 Å². The van der Waals surface area contributed by atoms with E-state index in [1.165, 1.54) is 0 Å².